The molecule has 0 aliphatic carbocycles. The second-order valence-electron chi connectivity index (χ2n) is 4.44. The number of aryl methyl sites for hydroxylation is 1. The lowest BCUT2D eigenvalue weighted by molar-refractivity contribution is 0.0526. The van der Waals surface area contributed by atoms with Crippen molar-refractivity contribution < 1.29 is 9.53 Å². The number of benzene rings is 1. The standard InChI is InChI=1S/C14H18N2O2/c1-4-18-14(17)10-5-6-13-11(7-10)12(9(2)15)8-16(13)3/h5-9H,4,15H2,1-3H3. The van der Waals surface area contributed by atoms with Gasteiger partial charge in [0.1, 0.15) is 0 Å². The van der Waals surface area contributed by atoms with Crippen LogP contribution in [0.4, 0.5) is 0 Å². The number of aromatic nitrogens is 1. The second kappa shape index (κ2) is 4.82. The Balaban J connectivity index is 2.55. The average molecular weight is 246 g/mol. The van der Waals surface area contributed by atoms with Crippen molar-refractivity contribution in [2.24, 2.45) is 12.8 Å². The van der Waals surface area contributed by atoms with Gasteiger partial charge in [0.05, 0.1) is 12.2 Å². The Morgan fingerprint density at radius 3 is 2.83 bits per heavy atom. The molecule has 2 aromatic rings. The molecule has 0 spiro atoms. The summed E-state index contributed by atoms with van der Waals surface area (Å²) < 4.78 is 7.02. The first kappa shape index (κ1) is 12.6. The summed E-state index contributed by atoms with van der Waals surface area (Å²) in [4.78, 5) is 11.7. The molecular weight excluding hydrogens is 228 g/mol. The molecule has 0 radical (unpaired) electrons. The topological polar surface area (TPSA) is 57.2 Å². The van der Waals surface area contributed by atoms with Crippen LogP contribution in [0.25, 0.3) is 10.9 Å². The summed E-state index contributed by atoms with van der Waals surface area (Å²) in [5.41, 5.74) is 8.62. The number of esters is 1. The smallest absolute Gasteiger partial charge is 0.338 e. The molecule has 4 heteroatoms. The van der Waals surface area contributed by atoms with E-state index < -0.39 is 0 Å². The van der Waals surface area contributed by atoms with Crippen LogP contribution in [0.15, 0.2) is 24.4 Å². The zero-order valence-electron chi connectivity index (χ0n) is 10.9. The van der Waals surface area contributed by atoms with Crippen LogP contribution in [0.1, 0.15) is 35.8 Å². The number of nitrogens with two attached hydrogens (primary N) is 1. The van der Waals surface area contributed by atoms with E-state index in [1.165, 1.54) is 0 Å². The first-order valence-corrected chi connectivity index (χ1v) is 6.06. The normalized spacial score (nSPS) is 12.7. The highest BCUT2D eigenvalue weighted by molar-refractivity contribution is 5.96. The van der Waals surface area contributed by atoms with Gasteiger partial charge in [-0.05, 0) is 37.6 Å². The molecular formula is C14H18N2O2. The molecule has 96 valence electrons. The first-order valence-electron chi connectivity index (χ1n) is 6.06. The van der Waals surface area contributed by atoms with Crippen LogP contribution >= 0.6 is 0 Å². The molecule has 0 fully saturated rings. The molecule has 2 N–H and O–H groups in total. The number of rotatable bonds is 3. The number of nitrogens with zero attached hydrogens (tertiary/aromatic N) is 1. The van der Waals surface area contributed by atoms with E-state index in [1.54, 1.807) is 13.0 Å². The van der Waals surface area contributed by atoms with Gasteiger partial charge in [-0.25, -0.2) is 4.79 Å². The van der Waals surface area contributed by atoms with Gasteiger partial charge in [-0.15, -0.1) is 0 Å². The van der Waals surface area contributed by atoms with Gasteiger partial charge in [0.15, 0.2) is 0 Å². The molecule has 1 aromatic carbocycles. The highest BCUT2D eigenvalue weighted by Crippen LogP contribution is 2.26. The average Bonchev–Trinajstić information content (AvgIpc) is 2.67. The van der Waals surface area contributed by atoms with Crippen molar-refractivity contribution >= 4 is 16.9 Å². The van der Waals surface area contributed by atoms with Crippen molar-refractivity contribution in [3.63, 3.8) is 0 Å². The third-order valence-electron chi connectivity index (χ3n) is 3.02. The maximum absolute atomic E-state index is 11.7. The molecule has 0 bridgehead atoms. The zero-order valence-corrected chi connectivity index (χ0v) is 10.9. The highest BCUT2D eigenvalue weighted by Gasteiger charge is 2.13. The van der Waals surface area contributed by atoms with Gasteiger partial charge in [-0.1, -0.05) is 0 Å². The van der Waals surface area contributed by atoms with Crippen molar-refractivity contribution in [2.75, 3.05) is 6.61 Å². The van der Waals surface area contributed by atoms with Gasteiger partial charge in [0.2, 0.25) is 0 Å². The SMILES string of the molecule is CCOC(=O)c1ccc2c(c1)c(C(C)N)cn2C. The fourth-order valence-electron chi connectivity index (χ4n) is 2.13. The minimum absolute atomic E-state index is 0.0638. The number of carbonyl (C=O) groups is 1. The maximum atomic E-state index is 11.7. The summed E-state index contributed by atoms with van der Waals surface area (Å²) in [7, 11) is 1.97. The minimum Gasteiger partial charge on any atom is -0.462 e. The van der Waals surface area contributed by atoms with E-state index in [9.17, 15) is 4.79 Å². The number of hydrogen-bond acceptors (Lipinski definition) is 3. The number of fused-ring (bicyclic) bond motifs is 1. The fraction of sp³-hybridized carbons (Fsp3) is 0.357. The van der Waals surface area contributed by atoms with Crippen LogP contribution in [0.2, 0.25) is 0 Å². The molecule has 1 atom stereocenters. The van der Waals surface area contributed by atoms with E-state index in [0.29, 0.717) is 12.2 Å². The Hall–Kier alpha value is -1.81. The summed E-state index contributed by atoms with van der Waals surface area (Å²) in [6.07, 6.45) is 2.00. The molecule has 18 heavy (non-hydrogen) atoms. The van der Waals surface area contributed by atoms with E-state index in [-0.39, 0.29) is 12.0 Å². The second-order valence-corrected chi connectivity index (χ2v) is 4.44. The summed E-state index contributed by atoms with van der Waals surface area (Å²) in [6, 6.07) is 5.50. The van der Waals surface area contributed by atoms with Crippen LogP contribution in [0.5, 0.6) is 0 Å². The largest absolute Gasteiger partial charge is 0.462 e. The Morgan fingerprint density at radius 1 is 1.50 bits per heavy atom. The van der Waals surface area contributed by atoms with Crippen LogP contribution in [0, 0.1) is 0 Å². The Bertz CT molecular complexity index is 585. The van der Waals surface area contributed by atoms with Crippen LogP contribution in [-0.2, 0) is 11.8 Å². The fourth-order valence-corrected chi connectivity index (χ4v) is 2.13. The van der Waals surface area contributed by atoms with Crippen LogP contribution in [0.3, 0.4) is 0 Å². The van der Waals surface area contributed by atoms with Crippen molar-refractivity contribution in [1.29, 1.82) is 0 Å². The molecule has 1 aromatic heterocycles. The van der Waals surface area contributed by atoms with Crippen LogP contribution in [-0.4, -0.2) is 17.1 Å². The van der Waals surface area contributed by atoms with Gasteiger partial charge in [0.25, 0.3) is 0 Å². The Kier molecular flexibility index (Phi) is 3.39. The zero-order chi connectivity index (χ0) is 13.3. The monoisotopic (exact) mass is 246 g/mol. The lowest BCUT2D eigenvalue weighted by Gasteiger charge is -2.05. The number of carbonyl (C=O) groups excluding carboxylic acids is 1. The summed E-state index contributed by atoms with van der Waals surface area (Å²) in [6.45, 7) is 4.12. The minimum atomic E-state index is -0.293. The number of ether oxygens (including phenoxy) is 1. The van der Waals surface area contributed by atoms with E-state index in [0.717, 1.165) is 16.5 Å². The molecule has 1 unspecified atom stereocenters. The lowest BCUT2D eigenvalue weighted by atomic mass is 10.1. The predicted octanol–water partition coefficient (Wildman–Crippen LogP) is 2.37. The van der Waals surface area contributed by atoms with Gasteiger partial charge in [0, 0.05) is 30.2 Å². The molecule has 0 amide bonds. The molecule has 0 aliphatic heterocycles. The van der Waals surface area contributed by atoms with Gasteiger partial charge in [-0.3, -0.25) is 0 Å². The van der Waals surface area contributed by atoms with Crippen molar-refractivity contribution in [1.82, 2.24) is 4.57 Å². The Labute approximate surface area is 106 Å². The van der Waals surface area contributed by atoms with Crippen molar-refractivity contribution in [3.8, 4) is 0 Å². The van der Waals surface area contributed by atoms with E-state index in [2.05, 4.69) is 0 Å². The predicted molar refractivity (Wildman–Crippen MR) is 71.5 cm³/mol. The maximum Gasteiger partial charge on any atom is 0.338 e. The first-order chi connectivity index (χ1) is 8.54. The molecule has 1 heterocycles. The Morgan fingerprint density at radius 2 is 2.22 bits per heavy atom. The van der Waals surface area contributed by atoms with E-state index in [4.69, 9.17) is 10.5 Å². The quantitative estimate of drug-likeness (QED) is 0.846. The van der Waals surface area contributed by atoms with Crippen molar-refractivity contribution in [3.05, 3.63) is 35.5 Å². The highest BCUT2D eigenvalue weighted by atomic mass is 16.5. The van der Waals surface area contributed by atoms with Crippen molar-refractivity contribution in [2.45, 2.75) is 19.9 Å². The van der Waals surface area contributed by atoms with E-state index in [1.807, 2.05) is 36.9 Å². The summed E-state index contributed by atoms with van der Waals surface area (Å²) in [5, 5.41) is 1.01. The number of hydrogen-bond donors (Lipinski definition) is 1. The molecule has 4 nitrogen and oxygen atoms in total. The molecule has 0 saturated heterocycles. The van der Waals surface area contributed by atoms with E-state index >= 15 is 0 Å². The summed E-state index contributed by atoms with van der Waals surface area (Å²) >= 11 is 0. The third-order valence-corrected chi connectivity index (χ3v) is 3.02. The third kappa shape index (κ3) is 2.11. The molecule has 2 rings (SSSR count). The van der Waals surface area contributed by atoms with Gasteiger partial charge < -0.3 is 15.0 Å². The lowest BCUT2D eigenvalue weighted by Crippen LogP contribution is -2.06. The molecule has 0 saturated carbocycles. The molecule has 0 aliphatic rings. The summed E-state index contributed by atoms with van der Waals surface area (Å²) in [5.74, 6) is -0.293. The van der Waals surface area contributed by atoms with Gasteiger partial charge >= 0.3 is 5.97 Å². The van der Waals surface area contributed by atoms with Gasteiger partial charge in [-0.2, -0.15) is 0 Å². The van der Waals surface area contributed by atoms with Crippen LogP contribution < -0.4 is 5.73 Å².